The molecule has 3 aliphatic rings. The van der Waals surface area contributed by atoms with Crippen molar-refractivity contribution < 1.29 is 22.8 Å². The molecular formula is C22H14F3N3O2. The Bertz CT molecular complexity index is 1150. The van der Waals surface area contributed by atoms with Crippen LogP contribution in [-0.2, 0) is 15.8 Å². The van der Waals surface area contributed by atoms with Crippen molar-refractivity contribution in [1.82, 2.24) is 4.90 Å². The monoisotopic (exact) mass is 409 g/mol. The van der Waals surface area contributed by atoms with Crippen LogP contribution >= 0.6 is 0 Å². The maximum Gasteiger partial charge on any atom is 0.416 e. The van der Waals surface area contributed by atoms with Gasteiger partial charge in [0.1, 0.15) is 6.04 Å². The van der Waals surface area contributed by atoms with Crippen LogP contribution in [0.4, 0.5) is 18.9 Å². The number of benzene rings is 2. The van der Waals surface area contributed by atoms with E-state index in [1.165, 1.54) is 12.1 Å². The number of halogens is 3. The number of amides is 2. The molecule has 2 aromatic carbocycles. The number of imide groups is 1. The number of carbonyl (C=O) groups excluding carboxylic acids is 2. The van der Waals surface area contributed by atoms with Gasteiger partial charge in [-0.2, -0.15) is 18.4 Å². The molecule has 2 aromatic rings. The molecule has 0 N–H and O–H groups in total. The van der Waals surface area contributed by atoms with Gasteiger partial charge in [0.05, 0.1) is 35.2 Å². The van der Waals surface area contributed by atoms with E-state index in [1.807, 2.05) is 30.3 Å². The van der Waals surface area contributed by atoms with E-state index in [0.717, 1.165) is 28.2 Å². The number of rotatable bonds is 1. The predicted octanol–water partition coefficient (Wildman–Crippen LogP) is 3.74. The molecule has 8 heteroatoms. The molecule has 5 nitrogen and oxygen atoms in total. The summed E-state index contributed by atoms with van der Waals surface area (Å²) in [6.45, 7) is 0. The third-order valence-corrected chi connectivity index (χ3v) is 6.03. The van der Waals surface area contributed by atoms with Gasteiger partial charge in [-0.15, -0.1) is 0 Å². The Kier molecular flexibility index (Phi) is 3.81. The van der Waals surface area contributed by atoms with E-state index in [2.05, 4.69) is 6.07 Å². The van der Waals surface area contributed by atoms with Crippen molar-refractivity contribution >= 4 is 23.6 Å². The second kappa shape index (κ2) is 6.20. The van der Waals surface area contributed by atoms with E-state index in [4.69, 9.17) is 0 Å². The normalized spacial score (nSPS) is 27.0. The number of hydrogen-bond donors (Lipinski definition) is 0. The van der Waals surface area contributed by atoms with Crippen LogP contribution in [0.3, 0.4) is 0 Å². The molecule has 30 heavy (non-hydrogen) atoms. The number of nitriles is 1. The third kappa shape index (κ3) is 2.41. The lowest BCUT2D eigenvalue weighted by Crippen LogP contribution is -2.40. The van der Waals surface area contributed by atoms with Gasteiger partial charge in [0.2, 0.25) is 11.8 Å². The lowest BCUT2D eigenvalue weighted by Gasteiger charge is -2.33. The van der Waals surface area contributed by atoms with Gasteiger partial charge in [0.25, 0.3) is 0 Å². The Morgan fingerprint density at radius 1 is 0.967 bits per heavy atom. The fourth-order valence-electron chi connectivity index (χ4n) is 4.78. The molecular weight excluding hydrogens is 395 g/mol. The molecule has 0 bridgehead atoms. The van der Waals surface area contributed by atoms with E-state index in [-0.39, 0.29) is 5.69 Å². The summed E-state index contributed by atoms with van der Waals surface area (Å²) in [5.41, 5.74) is 0.632. The van der Waals surface area contributed by atoms with Gasteiger partial charge < -0.3 is 4.90 Å². The SMILES string of the molecule is N#CC1C2C(=O)N(c3cccc(C(F)(F)F)c3)C(=O)C2C2c3ccccc3C=CN12. The van der Waals surface area contributed by atoms with Gasteiger partial charge in [-0.25, -0.2) is 4.90 Å². The van der Waals surface area contributed by atoms with Gasteiger partial charge in [0.15, 0.2) is 0 Å². The summed E-state index contributed by atoms with van der Waals surface area (Å²) in [4.78, 5) is 29.1. The van der Waals surface area contributed by atoms with Crippen LogP contribution < -0.4 is 4.90 Å². The lowest BCUT2D eigenvalue weighted by molar-refractivity contribution is -0.137. The van der Waals surface area contributed by atoms with Crippen molar-refractivity contribution in [3.63, 3.8) is 0 Å². The topological polar surface area (TPSA) is 64.4 Å². The van der Waals surface area contributed by atoms with Crippen molar-refractivity contribution in [2.24, 2.45) is 11.8 Å². The largest absolute Gasteiger partial charge is 0.416 e. The maximum absolute atomic E-state index is 13.3. The first-order valence-corrected chi connectivity index (χ1v) is 9.32. The molecule has 150 valence electrons. The van der Waals surface area contributed by atoms with Crippen LogP contribution in [-0.4, -0.2) is 22.8 Å². The number of anilines is 1. The van der Waals surface area contributed by atoms with Crippen LogP contribution in [0, 0.1) is 23.2 Å². The lowest BCUT2D eigenvalue weighted by atomic mass is 9.85. The highest BCUT2D eigenvalue weighted by Crippen LogP contribution is 2.53. The highest BCUT2D eigenvalue weighted by atomic mass is 19.4. The molecule has 3 heterocycles. The Labute approximate surface area is 169 Å². The van der Waals surface area contributed by atoms with Crippen molar-refractivity contribution in [2.45, 2.75) is 18.3 Å². The van der Waals surface area contributed by atoms with Crippen molar-refractivity contribution in [1.29, 1.82) is 5.26 Å². The van der Waals surface area contributed by atoms with E-state index >= 15 is 0 Å². The molecule has 0 radical (unpaired) electrons. The predicted molar refractivity (Wildman–Crippen MR) is 100 cm³/mol. The summed E-state index contributed by atoms with van der Waals surface area (Å²) in [6, 6.07) is 12.3. The first kappa shape index (κ1) is 18.4. The second-order valence-corrected chi connectivity index (χ2v) is 7.52. The highest BCUT2D eigenvalue weighted by molar-refractivity contribution is 6.23. The number of carbonyl (C=O) groups is 2. The van der Waals surface area contributed by atoms with E-state index in [1.54, 1.807) is 11.1 Å². The second-order valence-electron chi connectivity index (χ2n) is 7.52. The Morgan fingerprint density at radius 3 is 2.43 bits per heavy atom. The molecule has 2 saturated heterocycles. The van der Waals surface area contributed by atoms with Crippen LogP contribution in [0.15, 0.2) is 54.7 Å². The minimum atomic E-state index is -4.60. The van der Waals surface area contributed by atoms with Gasteiger partial charge in [-0.3, -0.25) is 9.59 Å². The Balaban J connectivity index is 1.61. The minimum absolute atomic E-state index is 0.128. The fraction of sp³-hybridized carbons (Fsp3) is 0.227. The zero-order valence-corrected chi connectivity index (χ0v) is 15.4. The van der Waals surface area contributed by atoms with Crippen LogP contribution in [0.1, 0.15) is 22.7 Å². The molecule has 5 rings (SSSR count). The van der Waals surface area contributed by atoms with Crippen LogP contribution in [0.2, 0.25) is 0 Å². The number of hydrogen-bond acceptors (Lipinski definition) is 4. The van der Waals surface area contributed by atoms with Crippen molar-refractivity contribution in [2.75, 3.05) is 4.90 Å². The van der Waals surface area contributed by atoms with E-state index < -0.39 is 47.5 Å². The molecule has 4 atom stereocenters. The maximum atomic E-state index is 13.3. The minimum Gasteiger partial charge on any atom is -0.353 e. The highest BCUT2D eigenvalue weighted by Gasteiger charge is 2.63. The first-order chi connectivity index (χ1) is 14.3. The zero-order valence-electron chi connectivity index (χ0n) is 15.4. The molecule has 0 aliphatic carbocycles. The Morgan fingerprint density at radius 2 is 1.70 bits per heavy atom. The van der Waals surface area contributed by atoms with Gasteiger partial charge in [0, 0.05) is 6.20 Å². The van der Waals surface area contributed by atoms with E-state index in [9.17, 15) is 28.0 Å². The third-order valence-electron chi connectivity index (χ3n) is 6.03. The quantitative estimate of drug-likeness (QED) is 0.673. The summed E-state index contributed by atoms with van der Waals surface area (Å²) in [7, 11) is 0. The molecule has 2 fully saturated rings. The number of fused-ring (bicyclic) bond motifs is 5. The molecule has 3 aliphatic heterocycles. The summed E-state index contributed by atoms with van der Waals surface area (Å²) < 4.78 is 39.4. The van der Waals surface area contributed by atoms with Gasteiger partial charge >= 0.3 is 6.18 Å². The van der Waals surface area contributed by atoms with Crippen molar-refractivity contribution in [3.8, 4) is 6.07 Å². The number of nitrogens with zero attached hydrogens (tertiary/aromatic N) is 3. The molecule has 4 unspecified atom stereocenters. The standard InChI is InChI=1S/C22H14F3N3O2/c23-22(24,25)13-5-3-6-14(10-13)28-20(29)17-16(11-26)27-9-8-12-4-1-2-7-15(12)19(27)18(17)21(28)30/h1-10,16-19H. The average Bonchev–Trinajstić information content (AvgIpc) is 3.20. The molecule has 0 saturated carbocycles. The Hall–Kier alpha value is -3.60. The smallest absolute Gasteiger partial charge is 0.353 e. The first-order valence-electron chi connectivity index (χ1n) is 9.32. The van der Waals surface area contributed by atoms with Crippen molar-refractivity contribution in [3.05, 3.63) is 71.4 Å². The summed E-state index contributed by atoms with van der Waals surface area (Å²) >= 11 is 0. The summed E-state index contributed by atoms with van der Waals surface area (Å²) in [6.07, 6.45) is -1.05. The van der Waals surface area contributed by atoms with E-state index in [0.29, 0.717) is 0 Å². The van der Waals surface area contributed by atoms with Crippen LogP contribution in [0.25, 0.3) is 6.08 Å². The molecule has 2 amide bonds. The average molecular weight is 409 g/mol. The fourth-order valence-corrected chi connectivity index (χ4v) is 4.78. The summed E-state index contributed by atoms with van der Waals surface area (Å²) in [5, 5.41) is 9.76. The van der Waals surface area contributed by atoms with Crippen LogP contribution in [0.5, 0.6) is 0 Å². The zero-order chi connectivity index (χ0) is 21.2. The number of alkyl halides is 3. The summed E-state index contributed by atoms with van der Waals surface area (Å²) in [5.74, 6) is -3.01. The van der Waals surface area contributed by atoms with Gasteiger partial charge in [-0.1, -0.05) is 30.3 Å². The molecule has 0 spiro atoms. The molecule has 0 aromatic heterocycles. The van der Waals surface area contributed by atoms with Gasteiger partial charge in [-0.05, 0) is 35.4 Å².